The molecule has 0 aliphatic carbocycles. The molecule has 0 atom stereocenters. The van der Waals surface area contributed by atoms with E-state index < -0.39 is 10.0 Å². The second kappa shape index (κ2) is 11.2. The summed E-state index contributed by atoms with van der Waals surface area (Å²) in [5, 5.41) is 12.0. The molecule has 11 heteroatoms. The summed E-state index contributed by atoms with van der Waals surface area (Å²) in [4.78, 5) is 12.5. The normalized spacial score (nSPS) is 15.2. The Labute approximate surface area is 204 Å². The Hall–Kier alpha value is -2.63. The summed E-state index contributed by atoms with van der Waals surface area (Å²) < 4.78 is 34.8. The zero-order valence-corrected chi connectivity index (χ0v) is 20.8. The molecular formula is C23H29N5O4S2. The van der Waals surface area contributed by atoms with Crippen molar-refractivity contribution in [2.75, 3.05) is 18.8 Å². The van der Waals surface area contributed by atoms with Crippen molar-refractivity contribution in [1.82, 2.24) is 24.4 Å². The van der Waals surface area contributed by atoms with Gasteiger partial charge in [-0.05, 0) is 56.2 Å². The Balaban J connectivity index is 1.42. The molecule has 1 aliphatic rings. The molecule has 4 rings (SSSR count). The molecule has 1 fully saturated rings. The lowest BCUT2D eigenvalue weighted by atomic mass is 10.2. The standard InChI is InChI=1S/C23H29N5O4S2/c1-2-28-22(25-26-23(28)33-17-21(29)24-16-19-8-7-15-32-19)18-9-11-20(12-10-18)34(30,31)27-13-5-3-4-6-14-27/h7-12,15H,2-6,13-14,16-17H2,1H3,(H,24,29). The maximum absolute atomic E-state index is 13.0. The van der Waals surface area contributed by atoms with Crippen LogP contribution in [0.1, 0.15) is 38.4 Å². The van der Waals surface area contributed by atoms with E-state index in [1.165, 1.54) is 11.8 Å². The van der Waals surface area contributed by atoms with Gasteiger partial charge in [0, 0.05) is 25.2 Å². The maximum atomic E-state index is 13.0. The van der Waals surface area contributed by atoms with Crippen LogP contribution < -0.4 is 5.32 Å². The second-order valence-corrected chi connectivity index (χ2v) is 10.9. The van der Waals surface area contributed by atoms with Gasteiger partial charge in [-0.1, -0.05) is 24.6 Å². The molecule has 182 valence electrons. The Kier molecular flexibility index (Phi) is 8.07. The van der Waals surface area contributed by atoms with Crippen LogP contribution in [-0.4, -0.2) is 52.2 Å². The molecule has 9 nitrogen and oxygen atoms in total. The topological polar surface area (TPSA) is 110 Å². The van der Waals surface area contributed by atoms with Crippen molar-refractivity contribution in [2.24, 2.45) is 0 Å². The van der Waals surface area contributed by atoms with Crippen LogP contribution in [0, 0.1) is 0 Å². The Morgan fingerprint density at radius 1 is 1.09 bits per heavy atom. The van der Waals surface area contributed by atoms with Gasteiger partial charge in [0.2, 0.25) is 15.9 Å². The number of hydrogen-bond acceptors (Lipinski definition) is 7. The predicted octanol–water partition coefficient (Wildman–Crippen LogP) is 3.53. The third kappa shape index (κ3) is 5.70. The molecule has 3 heterocycles. The van der Waals surface area contributed by atoms with Gasteiger partial charge in [-0.2, -0.15) is 4.31 Å². The summed E-state index contributed by atoms with van der Waals surface area (Å²) >= 11 is 1.30. The average Bonchev–Trinajstić information content (AvgIpc) is 3.43. The highest BCUT2D eigenvalue weighted by Crippen LogP contribution is 2.26. The molecule has 1 saturated heterocycles. The number of furan rings is 1. The number of sulfonamides is 1. The van der Waals surface area contributed by atoms with Crippen LogP contribution in [0.3, 0.4) is 0 Å². The molecule has 34 heavy (non-hydrogen) atoms. The fraction of sp³-hybridized carbons (Fsp3) is 0.435. The lowest BCUT2D eigenvalue weighted by molar-refractivity contribution is -0.118. The number of aromatic nitrogens is 3. The third-order valence-electron chi connectivity index (χ3n) is 5.72. The summed E-state index contributed by atoms with van der Waals surface area (Å²) in [6, 6.07) is 10.4. The molecule has 0 bridgehead atoms. The molecule has 0 radical (unpaired) electrons. The molecule has 1 aromatic carbocycles. The van der Waals surface area contributed by atoms with Crippen LogP contribution in [-0.2, 0) is 27.9 Å². The zero-order chi connectivity index (χ0) is 24.0. The van der Waals surface area contributed by atoms with Gasteiger partial charge < -0.3 is 14.3 Å². The van der Waals surface area contributed by atoms with E-state index in [1.54, 1.807) is 47.0 Å². The predicted molar refractivity (Wildman–Crippen MR) is 130 cm³/mol. The number of amides is 1. The summed E-state index contributed by atoms with van der Waals surface area (Å²) in [6.07, 6.45) is 5.52. The fourth-order valence-corrected chi connectivity index (χ4v) is 6.23. The van der Waals surface area contributed by atoms with Crippen LogP contribution in [0.4, 0.5) is 0 Å². The monoisotopic (exact) mass is 503 g/mol. The number of benzene rings is 1. The quantitative estimate of drug-likeness (QED) is 0.445. The minimum absolute atomic E-state index is 0.128. The number of nitrogens with zero attached hydrogens (tertiary/aromatic N) is 4. The smallest absolute Gasteiger partial charge is 0.243 e. The number of rotatable bonds is 9. The SMILES string of the molecule is CCn1c(SCC(=O)NCc2ccco2)nnc1-c1ccc(S(=O)(=O)N2CCCCCC2)cc1. The van der Waals surface area contributed by atoms with Crippen molar-refractivity contribution in [2.45, 2.75) is 55.7 Å². The summed E-state index contributed by atoms with van der Waals surface area (Å²) in [7, 11) is -3.50. The van der Waals surface area contributed by atoms with E-state index in [0.29, 0.717) is 47.8 Å². The first-order valence-corrected chi connectivity index (χ1v) is 13.9. The van der Waals surface area contributed by atoms with Crippen LogP contribution in [0.5, 0.6) is 0 Å². The first kappa shape index (κ1) is 24.5. The van der Waals surface area contributed by atoms with E-state index >= 15 is 0 Å². The number of hydrogen-bond donors (Lipinski definition) is 1. The van der Waals surface area contributed by atoms with Gasteiger partial charge in [-0.3, -0.25) is 4.79 Å². The largest absolute Gasteiger partial charge is 0.467 e. The van der Waals surface area contributed by atoms with E-state index in [0.717, 1.165) is 31.2 Å². The van der Waals surface area contributed by atoms with Crippen LogP contribution in [0.15, 0.2) is 57.1 Å². The zero-order valence-electron chi connectivity index (χ0n) is 19.1. The van der Waals surface area contributed by atoms with Gasteiger partial charge in [0.05, 0.1) is 23.5 Å². The van der Waals surface area contributed by atoms with E-state index in [9.17, 15) is 13.2 Å². The molecule has 1 N–H and O–H groups in total. The minimum Gasteiger partial charge on any atom is -0.467 e. The molecule has 0 saturated carbocycles. The van der Waals surface area contributed by atoms with Gasteiger partial charge in [-0.15, -0.1) is 10.2 Å². The molecule has 0 spiro atoms. The van der Waals surface area contributed by atoms with Crippen molar-refractivity contribution in [3.8, 4) is 11.4 Å². The van der Waals surface area contributed by atoms with Gasteiger partial charge in [0.1, 0.15) is 5.76 Å². The van der Waals surface area contributed by atoms with E-state index in [-0.39, 0.29) is 11.7 Å². The van der Waals surface area contributed by atoms with E-state index in [2.05, 4.69) is 15.5 Å². The average molecular weight is 504 g/mol. The van der Waals surface area contributed by atoms with Crippen molar-refractivity contribution >= 4 is 27.7 Å². The lowest BCUT2D eigenvalue weighted by Gasteiger charge is -2.20. The fourth-order valence-electron chi connectivity index (χ4n) is 3.88. The Morgan fingerprint density at radius 2 is 1.82 bits per heavy atom. The highest BCUT2D eigenvalue weighted by atomic mass is 32.2. The Morgan fingerprint density at radius 3 is 2.47 bits per heavy atom. The highest BCUT2D eigenvalue weighted by Gasteiger charge is 2.25. The first-order valence-electron chi connectivity index (χ1n) is 11.4. The van der Waals surface area contributed by atoms with Crippen molar-refractivity contribution in [1.29, 1.82) is 0 Å². The van der Waals surface area contributed by atoms with Gasteiger partial charge in [0.15, 0.2) is 11.0 Å². The molecule has 0 unspecified atom stereocenters. The van der Waals surface area contributed by atoms with Crippen molar-refractivity contribution in [3.05, 3.63) is 48.4 Å². The molecular weight excluding hydrogens is 474 g/mol. The highest BCUT2D eigenvalue weighted by molar-refractivity contribution is 7.99. The van der Waals surface area contributed by atoms with Gasteiger partial charge in [0.25, 0.3) is 0 Å². The Bertz CT molecular complexity index is 1180. The molecule has 1 aliphatic heterocycles. The second-order valence-electron chi connectivity index (χ2n) is 8.04. The van der Waals surface area contributed by atoms with E-state index in [4.69, 9.17) is 4.42 Å². The number of thioether (sulfide) groups is 1. The third-order valence-corrected chi connectivity index (χ3v) is 8.60. The summed E-state index contributed by atoms with van der Waals surface area (Å²) in [5.41, 5.74) is 0.776. The number of nitrogens with one attached hydrogen (secondary N) is 1. The molecule has 1 amide bonds. The summed E-state index contributed by atoms with van der Waals surface area (Å²) in [5.74, 6) is 1.40. The van der Waals surface area contributed by atoms with Gasteiger partial charge in [-0.25, -0.2) is 8.42 Å². The number of carbonyl (C=O) groups excluding carboxylic acids is 1. The number of carbonyl (C=O) groups is 1. The van der Waals surface area contributed by atoms with E-state index in [1.807, 2.05) is 11.5 Å². The first-order chi connectivity index (χ1) is 16.5. The van der Waals surface area contributed by atoms with Crippen LogP contribution in [0.25, 0.3) is 11.4 Å². The van der Waals surface area contributed by atoms with Crippen molar-refractivity contribution in [3.63, 3.8) is 0 Å². The lowest BCUT2D eigenvalue weighted by Crippen LogP contribution is -2.31. The molecule has 3 aromatic rings. The summed E-state index contributed by atoms with van der Waals surface area (Å²) in [6.45, 7) is 4.08. The van der Waals surface area contributed by atoms with Crippen LogP contribution >= 0.6 is 11.8 Å². The molecule has 2 aromatic heterocycles. The van der Waals surface area contributed by atoms with Crippen molar-refractivity contribution < 1.29 is 17.6 Å². The minimum atomic E-state index is -3.50. The van der Waals surface area contributed by atoms with Gasteiger partial charge >= 0.3 is 0 Å². The maximum Gasteiger partial charge on any atom is 0.243 e. The van der Waals surface area contributed by atoms with Crippen LogP contribution in [0.2, 0.25) is 0 Å².